The first-order valence-corrected chi connectivity index (χ1v) is 19.9. The summed E-state index contributed by atoms with van der Waals surface area (Å²) in [7, 11) is 4.91. The lowest BCUT2D eigenvalue weighted by Gasteiger charge is -2.48. The predicted molar refractivity (Wildman–Crippen MR) is 201 cm³/mol. The molecule has 0 radical (unpaired) electrons. The molecule has 3 heterocycles. The molecule has 316 valence electrons. The van der Waals surface area contributed by atoms with Crippen molar-refractivity contribution in [3.63, 3.8) is 0 Å². The first-order valence-electron chi connectivity index (χ1n) is 19.9. The number of phenolic OH excluding ortho intramolecular Hbond substituents is 2. The Labute approximate surface area is 336 Å². The molecule has 2 aromatic rings. The molecule has 13 atom stereocenters. The third-order valence-electron chi connectivity index (χ3n) is 12.4. The number of esters is 1. The lowest BCUT2D eigenvalue weighted by molar-refractivity contribution is -0.324. The van der Waals surface area contributed by atoms with Gasteiger partial charge in [0.2, 0.25) is 5.78 Å². The largest absolute Gasteiger partial charge is 0.507 e. The van der Waals surface area contributed by atoms with Crippen molar-refractivity contribution in [2.75, 3.05) is 21.2 Å². The number of hydrogen-bond acceptors (Lipinski definition) is 16. The number of rotatable bonds is 9. The fraction of sp³-hybridized carbons (Fsp3) is 0.619. The summed E-state index contributed by atoms with van der Waals surface area (Å²) in [6, 6.07) is 5.11. The summed E-state index contributed by atoms with van der Waals surface area (Å²) in [5, 5.41) is 45.9. The summed E-state index contributed by atoms with van der Waals surface area (Å²) in [4.78, 5) is 55.0. The number of Topliss-reactive ketones (excluding diaryl/α,β-unsaturated/α-hetero) is 1. The van der Waals surface area contributed by atoms with Crippen molar-refractivity contribution in [1.29, 1.82) is 0 Å². The molecule has 2 aliphatic carbocycles. The monoisotopic (exact) mass is 811 g/mol. The topological polar surface area (TPSA) is 217 Å². The highest BCUT2D eigenvalue weighted by Gasteiger charge is 2.53. The normalized spacial score (nSPS) is 36.3. The van der Waals surface area contributed by atoms with E-state index in [1.54, 1.807) is 27.7 Å². The summed E-state index contributed by atoms with van der Waals surface area (Å²) in [5.41, 5.74) is -2.49. The number of fused-ring (bicyclic) bond motifs is 3. The molecule has 0 saturated carbocycles. The van der Waals surface area contributed by atoms with Gasteiger partial charge in [-0.15, -0.1) is 0 Å². The van der Waals surface area contributed by atoms with Crippen molar-refractivity contribution in [3.05, 3.63) is 57.6 Å². The van der Waals surface area contributed by atoms with Crippen LogP contribution in [-0.4, -0.2) is 137 Å². The van der Waals surface area contributed by atoms with Crippen molar-refractivity contribution in [1.82, 2.24) is 4.90 Å². The maximum absolute atomic E-state index is 13.9. The molecule has 58 heavy (non-hydrogen) atoms. The van der Waals surface area contributed by atoms with Crippen LogP contribution >= 0.6 is 0 Å². The molecular formula is C42H53NO15. The van der Waals surface area contributed by atoms with E-state index in [4.69, 9.17) is 33.2 Å². The maximum Gasteiger partial charge on any atom is 0.316 e. The number of aromatic hydroxyl groups is 2. The molecule has 7 rings (SSSR count). The van der Waals surface area contributed by atoms with Gasteiger partial charge in [0.15, 0.2) is 30.4 Å². The predicted octanol–water partition coefficient (Wildman–Crippen LogP) is 3.16. The van der Waals surface area contributed by atoms with Crippen LogP contribution in [0.1, 0.15) is 121 Å². The summed E-state index contributed by atoms with van der Waals surface area (Å²) in [5.74, 6) is -4.59. The molecule has 5 aliphatic rings. The smallest absolute Gasteiger partial charge is 0.316 e. The van der Waals surface area contributed by atoms with Gasteiger partial charge in [-0.3, -0.25) is 19.2 Å². The van der Waals surface area contributed by atoms with Crippen LogP contribution in [0, 0.1) is 0 Å². The highest BCUT2D eigenvalue weighted by Crippen LogP contribution is 2.54. The summed E-state index contributed by atoms with van der Waals surface area (Å²) in [6.07, 6.45) is -6.64. The van der Waals surface area contributed by atoms with E-state index in [1.165, 1.54) is 31.4 Å². The van der Waals surface area contributed by atoms with Crippen molar-refractivity contribution in [2.45, 2.75) is 145 Å². The van der Waals surface area contributed by atoms with Crippen LogP contribution in [0.4, 0.5) is 0 Å². The van der Waals surface area contributed by atoms with Gasteiger partial charge in [0.05, 0.1) is 48.3 Å². The van der Waals surface area contributed by atoms with Gasteiger partial charge in [-0.2, -0.15) is 0 Å². The average Bonchev–Trinajstić information content (AvgIpc) is 3.17. The van der Waals surface area contributed by atoms with Crippen LogP contribution in [-0.2, 0) is 42.7 Å². The Morgan fingerprint density at radius 2 is 1.57 bits per heavy atom. The number of phenols is 2. The Hall–Kier alpha value is -3.84. The van der Waals surface area contributed by atoms with Gasteiger partial charge in [0.1, 0.15) is 35.7 Å². The van der Waals surface area contributed by atoms with Gasteiger partial charge >= 0.3 is 5.97 Å². The van der Waals surface area contributed by atoms with Gasteiger partial charge < -0.3 is 58.5 Å². The highest BCUT2D eigenvalue weighted by molar-refractivity contribution is 6.30. The number of aliphatic hydroxyl groups is 2. The van der Waals surface area contributed by atoms with E-state index in [9.17, 15) is 39.6 Å². The number of likely N-dealkylation sites (N-methyl/N-ethyl adjacent to an activating group) is 1. The molecule has 4 N–H and O–H groups in total. The lowest BCUT2D eigenvalue weighted by atomic mass is 9.67. The van der Waals surface area contributed by atoms with E-state index < -0.39 is 102 Å². The molecule has 16 heteroatoms. The number of carbonyl (C=O) groups is 4. The number of hydrogen-bond donors (Lipinski definition) is 4. The van der Waals surface area contributed by atoms with Crippen LogP contribution in [0.15, 0.2) is 24.3 Å². The molecule has 0 amide bonds. The highest BCUT2D eigenvalue weighted by atomic mass is 16.7. The fourth-order valence-corrected chi connectivity index (χ4v) is 9.27. The number of benzene rings is 2. The molecule has 0 bridgehead atoms. The third-order valence-corrected chi connectivity index (χ3v) is 12.4. The molecule has 3 saturated heterocycles. The summed E-state index contributed by atoms with van der Waals surface area (Å²) < 4.78 is 42.6. The van der Waals surface area contributed by atoms with Crippen LogP contribution in [0.3, 0.4) is 0 Å². The number of carbonyl (C=O) groups excluding carboxylic acids is 4. The Bertz CT molecular complexity index is 1940. The number of ketones is 3. The van der Waals surface area contributed by atoms with Gasteiger partial charge in [-0.1, -0.05) is 19.1 Å². The molecular weight excluding hydrogens is 758 g/mol. The Morgan fingerprint density at radius 1 is 0.897 bits per heavy atom. The van der Waals surface area contributed by atoms with Crippen molar-refractivity contribution >= 4 is 23.3 Å². The third kappa shape index (κ3) is 7.47. The zero-order valence-electron chi connectivity index (χ0n) is 33.7. The number of methoxy groups -OCH3 is 1. The average molecular weight is 812 g/mol. The molecule has 3 aliphatic heterocycles. The SMILES string of the molecule is CC[C@@]1(O)C[C@H](O[C@H]2C[C@H](N(C)C)[C@@H](O[C@H]3C[C@H](O)[C@@H](O[C@H]4CCC(=O)[C@@H](C)O4)[C@H](C)O3)[C@H](C)O2)c2c(cc3c(c2O)C(=O)c2c(O)cccc2C3=O)[C@H]1C(=O)OC. The fourth-order valence-electron chi connectivity index (χ4n) is 9.27. The summed E-state index contributed by atoms with van der Waals surface area (Å²) >= 11 is 0. The molecule has 3 fully saturated rings. The molecule has 0 aromatic heterocycles. The zero-order chi connectivity index (χ0) is 42.0. The van der Waals surface area contributed by atoms with Crippen LogP contribution in [0.5, 0.6) is 11.5 Å². The first kappa shape index (κ1) is 42.3. The van der Waals surface area contributed by atoms with E-state index in [-0.39, 0.29) is 70.9 Å². The van der Waals surface area contributed by atoms with Gasteiger partial charge in [0, 0.05) is 54.8 Å². The second kappa shape index (κ2) is 16.3. The van der Waals surface area contributed by atoms with E-state index in [0.717, 1.165) is 0 Å². The molecule has 0 unspecified atom stereocenters. The number of aliphatic hydroxyl groups excluding tert-OH is 1. The lowest BCUT2D eigenvalue weighted by Crippen LogP contribution is -2.58. The minimum absolute atomic E-state index is 0.00573. The number of nitrogens with zero attached hydrogens (tertiary/aromatic N) is 1. The Morgan fingerprint density at radius 3 is 2.21 bits per heavy atom. The maximum atomic E-state index is 13.9. The standard InChI is InChI=1S/C42H53NO15/c1-8-42(51)17-28(33-22(35(42)41(50)52-7)14-23-34(38(33)49)37(48)32-21(36(23)47)10-9-11-26(32)45)56-30-15-24(43(5)6)39(19(3)54-30)58-31-16-27(46)40(20(4)55-31)57-29-13-12-25(44)18(2)53-29/h9-11,14,18-20,24,27-31,35,39-40,45-46,49,51H,8,12-13,15-17H2,1-7H3/t18-,19+,20+,24+,27+,28+,29+,30+,31+,35+,39+,40+,42-/m1/s1. The van der Waals surface area contributed by atoms with E-state index in [0.29, 0.717) is 12.8 Å². The van der Waals surface area contributed by atoms with Crippen molar-refractivity contribution in [3.8, 4) is 11.5 Å². The van der Waals surface area contributed by atoms with E-state index >= 15 is 0 Å². The Balaban J connectivity index is 1.13. The van der Waals surface area contributed by atoms with Crippen LogP contribution in [0.2, 0.25) is 0 Å². The van der Waals surface area contributed by atoms with Crippen LogP contribution < -0.4 is 0 Å². The van der Waals surface area contributed by atoms with Gasteiger partial charge in [0.25, 0.3) is 0 Å². The molecule has 2 aromatic carbocycles. The van der Waals surface area contributed by atoms with Gasteiger partial charge in [-0.25, -0.2) is 0 Å². The second-order valence-electron chi connectivity index (χ2n) is 16.3. The van der Waals surface area contributed by atoms with Crippen molar-refractivity contribution < 1.29 is 72.8 Å². The molecule has 16 nitrogen and oxygen atoms in total. The van der Waals surface area contributed by atoms with Crippen molar-refractivity contribution in [2.24, 2.45) is 0 Å². The Kier molecular flexibility index (Phi) is 11.9. The quantitative estimate of drug-likeness (QED) is 0.228. The zero-order valence-corrected chi connectivity index (χ0v) is 33.7. The van der Waals surface area contributed by atoms with E-state index in [1.807, 2.05) is 19.0 Å². The van der Waals surface area contributed by atoms with Gasteiger partial charge in [-0.05, 0) is 59.0 Å². The van der Waals surface area contributed by atoms with Crippen LogP contribution in [0.25, 0.3) is 0 Å². The number of ether oxygens (including phenoxy) is 7. The minimum atomic E-state index is -1.76. The van der Waals surface area contributed by atoms with E-state index in [2.05, 4.69) is 0 Å². The minimum Gasteiger partial charge on any atom is -0.507 e. The first-order chi connectivity index (χ1) is 27.5. The molecule has 0 spiro atoms. The summed E-state index contributed by atoms with van der Waals surface area (Å²) in [6.45, 7) is 6.95. The second-order valence-corrected chi connectivity index (χ2v) is 16.3.